The number of ether oxygens (including phenoxy) is 1. The zero-order chi connectivity index (χ0) is 36.0. The number of fused-ring (bicyclic) bond motifs is 10. The highest BCUT2D eigenvalue weighted by Crippen LogP contribution is 2.47. The number of hydrogen-bond donors (Lipinski definition) is 0. The number of rotatable bonds is 4. The van der Waals surface area contributed by atoms with Crippen molar-refractivity contribution in [3.05, 3.63) is 169 Å². The van der Waals surface area contributed by atoms with Gasteiger partial charge in [-0.05, 0) is 52.7 Å². The summed E-state index contributed by atoms with van der Waals surface area (Å²) in [6.45, 7) is 0. The van der Waals surface area contributed by atoms with Crippen LogP contribution in [0.4, 0.5) is 0 Å². The van der Waals surface area contributed by atoms with E-state index in [1.165, 1.54) is 5.39 Å². The zero-order valence-corrected chi connectivity index (χ0v) is 29.3. The number of allylic oxidation sites excluding steroid dienone is 2. The number of hydrogen-bond acceptors (Lipinski definition) is 6. The van der Waals surface area contributed by atoms with Gasteiger partial charge in [-0.1, -0.05) is 127 Å². The van der Waals surface area contributed by atoms with Gasteiger partial charge in [0.1, 0.15) is 34.2 Å². The predicted octanol–water partition coefficient (Wildman–Crippen LogP) is 12.5. The van der Waals surface area contributed by atoms with Gasteiger partial charge in [-0.2, -0.15) is 0 Å². The number of aromatic nitrogens is 3. The van der Waals surface area contributed by atoms with E-state index < -0.39 is 0 Å². The molecule has 0 radical (unpaired) electrons. The molecule has 12 rings (SSSR count). The quantitative estimate of drug-likeness (QED) is 0.181. The smallest absolute Gasteiger partial charge is 0.164 e. The second kappa shape index (κ2) is 11.6. The maximum absolute atomic E-state index is 6.83. The van der Waals surface area contributed by atoms with Crippen molar-refractivity contribution in [2.45, 2.75) is 12.0 Å². The fourth-order valence-electron chi connectivity index (χ4n) is 8.61. The normalized spacial score (nSPS) is 16.0. The van der Waals surface area contributed by atoms with Gasteiger partial charge in [-0.15, -0.1) is 0 Å². The van der Waals surface area contributed by atoms with Crippen LogP contribution >= 0.6 is 0 Å². The molecule has 1 aliphatic carbocycles. The first-order valence-corrected chi connectivity index (χ1v) is 18.5. The molecule has 2 atom stereocenters. The third-order valence-corrected chi connectivity index (χ3v) is 11.1. The average molecular weight is 708 g/mol. The second-order valence-electron chi connectivity index (χ2n) is 14.2. The van der Waals surface area contributed by atoms with E-state index in [0.717, 1.165) is 88.4 Å². The highest BCUT2D eigenvalue weighted by Gasteiger charge is 2.35. The van der Waals surface area contributed by atoms with Crippen molar-refractivity contribution in [2.75, 3.05) is 0 Å². The zero-order valence-electron chi connectivity index (χ0n) is 29.3. The molecule has 4 heterocycles. The monoisotopic (exact) mass is 707 g/mol. The number of para-hydroxylation sites is 1. The van der Waals surface area contributed by atoms with E-state index in [-0.39, 0.29) is 12.0 Å². The molecule has 7 aromatic carbocycles. The molecule has 0 saturated carbocycles. The Morgan fingerprint density at radius 1 is 0.455 bits per heavy atom. The van der Waals surface area contributed by atoms with Crippen molar-refractivity contribution >= 4 is 54.6 Å². The largest absolute Gasteiger partial charge is 0.485 e. The molecule has 6 nitrogen and oxygen atoms in total. The molecule has 258 valence electrons. The summed E-state index contributed by atoms with van der Waals surface area (Å²) in [4.78, 5) is 15.5. The van der Waals surface area contributed by atoms with E-state index in [0.29, 0.717) is 17.5 Å². The van der Waals surface area contributed by atoms with Crippen LogP contribution in [0, 0.1) is 0 Å². The Labute approximate surface area is 314 Å². The van der Waals surface area contributed by atoms with E-state index in [1.807, 2.05) is 66.7 Å². The molecular weight excluding hydrogens is 679 g/mol. The topological polar surface area (TPSA) is 74.2 Å². The first kappa shape index (κ1) is 30.2. The lowest BCUT2D eigenvalue weighted by Crippen LogP contribution is -2.16. The lowest BCUT2D eigenvalue weighted by Gasteiger charge is -2.16. The van der Waals surface area contributed by atoms with Crippen molar-refractivity contribution in [1.29, 1.82) is 0 Å². The Hall–Kier alpha value is -7.31. The summed E-state index contributed by atoms with van der Waals surface area (Å²) in [6.07, 6.45) is 8.38. The van der Waals surface area contributed by atoms with Crippen molar-refractivity contribution in [1.82, 2.24) is 15.0 Å². The molecule has 10 aromatic rings. The van der Waals surface area contributed by atoms with Crippen LogP contribution in [0.3, 0.4) is 0 Å². The SMILES string of the molecule is C1=CC2Oc3cccc(-c4nc(-c5ccccc5)nc(-c5cccc6oc7c(-c8cccc9oc%10cc%11ccccc%11cc%10c89)cccc7c56)n4)c3C2C=C1. The molecule has 2 unspecified atom stereocenters. The highest BCUT2D eigenvalue weighted by atomic mass is 16.5. The minimum atomic E-state index is -0.0541. The first-order valence-electron chi connectivity index (χ1n) is 18.5. The molecule has 3 aromatic heterocycles. The second-order valence-corrected chi connectivity index (χ2v) is 14.2. The van der Waals surface area contributed by atoms with Crippen LogP contribution in [0.2, 0.25) is 0 Å². The van der Waals surface area contributed by atoms with E-state index in [2.05, 4.69) is 97.1 Å². The average Bonchev–Trinajstić information content (AvgIpc) is 3.94. The van der Waals surface area contributed by atoms with Gasteiger partial charge in [0.2, 0.25) is 0 Å². The molecular formula is C49H29N3O3. The maximum atomic E-state index is 6.83. The van der Waals surface area contributed by atoms with E-state index >= 15 is 0 Å². The summed E-state index contributed by atoms with van der Waals surface area (Å²) < 4.78 is 19.7. The van der Waals surface area contributed by atoms with Crippen LogP contribution in [0.1, 0.15) is 11.5 Å². The lowest BCUT2D eigenvalue weighted by molar-refractivity contribution is 0.269. The Morgan fingerprint density at radius 2 is 1.11 bits per heavy atom. The first-order chi connectivity index (χ1) is 27.2. The number of benzene rings is 7. The third-order valence-electron chi connectivity index (χ3n) is 11.1. The summed E-state index contributed by atoms with van der Waals surface area (Å²) in [6, 6.07) is 47.7. The molecule has 0 bridgehead atoms. The summed E-state index contributed by atoms with van der Waals surface area (Å²) in [7, 11) is 0. The Morgan fingerprint density at radius 3 is 1.98 bits per heavy atom. The molecule has 0 spiro atoms. The van der Waals surface area contributed by atoms with Crippen LogP contribution in [0.5, 0.6) is 5.75 Å². The van der Waals surface area contributed by atoms with Gasteiger partial charge in [-0.3, -0.25) is 0 Å². The van der Waals surface area contributed by atoms with E-state index in [4.69, 9.17) is 28.5 Å². The highest BCUT2D eigenvalue weighted by molar-refractivity contribution is 6.20. The number of nitrogens with zero attached hydrogens (tertiary/aromatic N) is 3. The minimum absolute atomic E-state index is 0.0541. The molecule has 0 fully saturated rings. The van der Waals surface area contributed by atoms with Crippen molar-refractivity contribution in [3.63, 3.8) is 0 Å². The standard InChI is InChI=1S/C49H29N3O3/c1-2-12-28(13-3-1)47-50-48(35-20-10-24-40-44(35)33-16-6-7-22-38(33)53-40)52-49(51-47)36-21-11-25-41-45(36)34-19-8-18-32(46(34)55-41)31-17-9-23-39-43(31)37-26-29-14-4-5-15-30(29)27-42(37)54-39/h1-27,33,38H. The fourth-order valence-corrected chi connectivity index (χ4v) is 8.61. The molecule has 0 N–H and O–H groups in total. The summed E-state index contributed by atoms with van der Waals surface area (Å²) >= 11 is 0. The van der Waals surface area contributed by atoms with E-state index in [9.17, 15) is 0 Å². The van der Waals surface area contributed by atoms with Gasteiger partial charge in [0, 0.05) is 55.3 Å². The molecule has 0 saturated heterocycles. The van der Waals surface area contributed by atoms with Gasteiger partial charge in [0.15, 0.2) is 17.5 Å². The maximum Gasteiger partial charge on any atom is 0.164 e. The van der Waals surface area contributed by atoms with Gasteiger partial charge in [-0.25, -0.2) is 15.0 Å². The third kappa shape index (κ3) is 4.58. The summed E-state index contributed by atoms with van der Waals surface area (Å²) in [5.74, 6) is 2.71. The van der Waals surface area contributed by atoms with Crippen molar-refractivity contribution in [3.8, 4) is 51.0 Å². The van der Waals surface area contributed by atoms with Gasteiger partial charge in [0.05, 0.1) is 0 Å². The Balaban J connectivity index is 1.08. The molecule has 0 amide bonds. The Bertz CT molecular complexity index is 3260. The lowest BCUT2D eigenvalue weighted by atomic mass is 9.88. The Kier molecular flexibility index (Phi) is 6.36. The van der Waals surface area contributed by atoms with Gasteiger partial charge < -0.3 is 13.6 Å². The van der Waals surface area contributed by atoms with Crippen LogP contribution in [-0.2, 0) is 0 Å². The summed E-state index contributed by atoms with van der Waals surface area (Å²) in [5.41, 5.74) is 9.11. The van der Waals surface area contributed by atoms with E-state index in [1.54, 1.807) is 0 Å². The minimum Gasteiger partial charge on any atom is -0.485 e. The van der Waals surface area contributed by atoms with Crippen molar-refractivity contribution < 1.29 is 13.6 Å². The fraction of sp³-hybridized carbons (Fsp3) is 0.0408. The van der Waals surface area contributed by atoms with Gasteiger partial charge in [0.25, 0.3) is 0 Å². The van der Waals surface area contributed by atoms with Crippen LogP contribution in [0.25, 0.3) is 99.9 Å². The molecule has 55 heavy (non-hydrogen) atoms. The molecule has 6 heteroatoms. The number of furan rings is 2. The predicted molar refractivity (Wildman–Crippen MR) is 219 cm³/mol. The molecule has 1 aliphatic heterocycles. The summed E-state index contributed by atoms with van der Waals surface area (Å²) in [5, 5.41) is 6.40. The van der Waals surface area contributed by atoms with Crippen molar-refractivity contribution in [2.24, 2.45) is 0 Å². The molecule has 2 aliphatic rings. The van der Waals surface area contributed by atoms with Gasteiger partial charge >= 0.3 is 0 Å². The van der Waals surface area contributed by atoms with Crippen LogP contribution < -0.4 is 4.74 Å². The van der Waals surface area contributed by atoms with Crippen LogP contribution in [-0.4, -0.2) is 21.1 Å². The van der Waals surface area contributed by atoms with Crippen LogP contribution in [0.15, 0.2) is 173 Å².